The Labute approximate surface area is 150 Å². The zero-order valence-corrected chi connectivity index (χ0v) is 14.8. The summed E-state index contributed by atoms with van der Waals surface area (Å²) in [5, 5.41) is 0. The largest absolute Gasteiger partial charge is 0.497 e. The van der Waals surface area contributed by atoms with Gasteiger partial charge in [-0.1, -0.05) is 0 Å². The van der Waals surface area contributed by atoms with E-state index in [9.17, 15) is 4.79 Å². The van der Waals surface area contributed by atoms with E-state index in [0.29, 0.717) is 6.42 Å². The van der Waals surface area contributed by atoms with Crippen molar-refractivity contribution in [2.24, 2.45) is 0 Å². The van der Waals surface area contributed by atoms with Crippen molar-refractivity contribution in [2.45, 2.75) is 6.42 Å². The molecule has 4 rings (SSSR count). The Balaban J connectivity index is 1.69. The van der Waals surface area contributed by atoms with E-state index in [0.717, 1.165) is 38.2 Å². The number of benzene rings is 2. The molecule has 1 aliphatic rings. The van der Waals surface area contributed by atoms with Crippen LogP contribution in [0, 0.1) is 0 Å². The SMILES string of the molecule is COc1ccc(-c2cc3c(s2)CC(=O)N3c2ccc(OC)cc2)cc1. The monoisotopic (exact) mass is 351 g/mol. The highest BCUT2D eigenvalue weighted by Gasteiger charge is 2.31. The molecule has 1 aromatic heterocycles. The van der Waals surface area contributed by atoms with Gasteiger partial charge in [0.15, 0.2) is 0 Å². The van der Waals surface area contributed by atoms with Gasteiger partial charge in [0.1, 0.15) is 11.5 Å². The lowest BCUT2D eigenvalue weighted by Crippen LogP contribution is -2.20. The van der Waals surface area contributed by atoms with Gasteiger partial charge in [0, 0.05) is 15.4 Å². The van der Waals surface area contributed by atoms with Crippen molar-refractivity contribution in [1.29, 1.82) is 0 Å². The average Bonchev–Trinajstić information content (AvgIpc) is 3.18. The molecular formula is C20H17NO3S. The molecule has 0 unspecified atom stereocenters. The van der Waals surface area contributed by atoms with Crippen LogP contribution in [-0.4, -0.2) is 20.1 Å². The minimum absolute atomic E-state index is 0.104. The molecule has 25 heavy (non-hydrogen) atoms. The topological polar surface area (TPSA) is 38.8 Å². The van der Waals surface area contributed by atoms with Crippen LogP contribution in [0.5, 0.6) is 11.5 Å². The molecule has 4 nitrogen and oxygen atoms in total. The predicted molar refractivity (Wildman–Crippen MR) is 100 cm³/mol. The molecular weight excluding hydrogens is 334 g/mol. The van der Waals surface area contributed by atoms with Crippen LogP contribution in [-0.2, 0) is 11.2 Å². The van der Waals surface area contributed by atoms with Crippen molar-refractivity contribution < 1.29 is 14.3 Å². The molecule has 3 aromatic rings. The number of amides is 1. The van der Waals surface area contributed by atoms with Gasteiger partial charge in [0.2, 0.25) is 5.91 Å². The maximum absolute atomic E-state index is 12.5. The van der Waals surface area contributed by atoms with Crippen molar-refractivity contribution in [3.05, 3.63) is 59.5 Å². The summed E-state index contributed by atoms with van der Waals surface area (Å²) in [7, 11) is 3.29. The summed E-state index contributed by atoms with van der Waals surface area (Å²) in [6.45, 7) is 0. The van der Waals surface area contributed by atoms with Crippen molar-refractivity contribution in [2.75, 3.05) is 19.1 Å². The van der Waals surface area contributed by atoms with Crippen LogP contribution in [0.1, 0.15) is 4.88 Å². The third kappa shape index (κ3) is 2.76. The predicted octanol–water partition coefficient (Wildman–Crippen LogP) is 4.65. The minimum Gasteiger partial charge on any atom is -0.497 e. The molecule has 1 aliphatic heterocycles. The molecule has 0 bridgehead atoms. The molecule has 0 N–H and O–H groups in total. The van der Waals surface area contributed by atoms with Crippen LogP contribution < -0.4 is 14.4 Å². The molecule has 126 valence electrons. The second kappa shape index (κ2) is 6.26. The van der Waals surface area contributed by atoms with Crippen molar-refractivity contribution in [3.8, 4) is 21.9 Å². The van der Waals surface area contributed by atoms with Gasteiger partial charge in [-0.2, -0.15) is 0 Å². The molecule has 5 heteroatoms. The van der Waals surface area contributed by atoms with E-state index >= 15 is 0 Å². The van der Waals surface area contributed by atoms with Gasteiger partial charge in [0.05, 0.1) is 26.3 Å². The third-order valence-electron chi connectivity index (χ3n) is 4.29. The van der Waals surface area contributed by atoms with E-state index in [4.69, 9.17) is 9.47 Å². The first-order valence-electron chi connectivity index (χ1n) is 7.94. The molecule has 2 aromatic carbocycles. The fourth-order valence-corrected chi connectivity index (χ4v) is 4.14. The highest BCUT2D eigenvalue weighted by atomic mass is 32.1. The van der Waals surface area contributed by atoms with E-state index in [1.807, 2.05) is 48.5 Å². The summed E-state index contributed by atoms with van der Waals surface area (Å²) in [5.74, 6) is 1.72. The van der Waals surface area contributed by atoms with Crippen LogP contribution in [0.15, 0.2) is 54.6 Å². The van der Waals surface area contributed by atoms with Gasteiger partial charge in [0.25, 0.3) is 0 Å². The number of anilines is 2. The van der Waals surface area contributed by atoms with Crippen LogP contribution in [0.2, 0.25) is 0 Å². The molecule has 0 atom stereocenters. The summed E-state index contributed by atoms with van der Waals surface area (Å²) in [6.07, 6.45) is 0.447. The lowest BCUT2D eigenvalue weighted by Gasteiger charge is -2.17. The second-order valence-corrected chi connectivity index (χ2v) is 6.89. The Morgan fingerprint density at radius 1 is 0.920 bits per heavy atom. The van der Waals surface area contributed by atoms with Crippen LogP contribution in [0.4, 0.5) is 11.4 Å². The first-order chi connectivity index (χ1) is 12.2. The number of methoxy groups -OCH3 is 2. The van der Waals surface area contributed by atoms with Gasteiger partial charge < -0.3 is 9.47 Å². The fourth-order valence-electron chi connectivity index (χ4n) is 3.00. The molecule has 0 radical (unpaired) electrons. The number of hydrogen-bond acceptors (Lipinski definition) is 4. The highest BCUT2D eigenvalue weighted by Crippen LogP contribution is 2.44. The molecule has 0 saturated carbocycles. The zero-order chi connectivity index (χ0) is 17.4. The van der Waals surface area contributed by atoms with Gasteiger partial charge in [-0.15, -0.1) is 11.3 Å². The summed E-state index contributed by atoms with van der Waals surface area (Å²) >= 11 is 1.67. The van der Waals surface area contributed by atoms with Crippen molar-refractivity contribution >= 4 is 28.6 Å². The van der Waals surface area contributed by atoms with Gasteiger partial charge >= 0.3 is 0 Å². The minimum atomic E-state index is 0.104. The van der Waals surface area contributed by atoms with Gasteiger partial charge in [-0.3, -0.25) is 9.69 Å². The van der Waals surface area contributed by atoms with Gasteiger partial charge in [-0.25, -0.2) is 0 Å². The summed E-state index contributed by atoms with van der Waals surface area (Å²) in [5.41, 5.74) is 2.97. The first kappa shape index (κ1) is 15.7. The average molecular weight is 351 g/mol. The number of rotatable bonds is 4. The Bertz CT molecular complexity index is 913. The molecule has 0 saturated heterocycles. The van der Waals surface area contributed by atoms with Crippen molar-refractivity contribution in [3.63, 3.8) is 0 Å². The number of carbonyl (C=O) groups excluding carboxylic acids is 1. The first-order valence-corrected chi connectivity index (χ1v) is 8.75. The highest BCUT2D eigenvalue weighted by molar-refractivity contribution is 7.16. The quantitative estimate of drug-likeness (QED) is 0.687. The Hall–Kier alpha value is -2.79. The Morgan fingerprint density at radius 2 is 1.52 bits per heavy atom. The fraction of sp³-hybridized carbons (Fsp3) is 0.150. The Morgan fingerprint density at radius 3 is 2.12 bits per heavy atom. The number of nitrogens with zero attached hydrogens (tertiary/aromatic N) is 1. The molecule has 1 amide bonds. The van der Waals surface area contributed by atoms with Crippen molar-refractivity contribution in [1.82, 2.24) is 0 Å². The van der Waals surface area contributed by atoms with Gasteiger partial charge in [-0.05, 0) is 60.2 Å². The van der Waals surface area contributed by atoms with Crippen LogP contribution >= 0.6 is 11.3 Å². The molecule has 2 heterocycles. The Kier molecular flexibility index (Phi) is 3.93. The van der Waals surface area contributed by atoms with E-state index in [1.54, 1.807) is 30.5 Å². The maximum atomic E-state index is 12.5. The smallest absolute Gasteiger partial charge is 0.236 e. The van der Waals surface area contributed by atoms with E-state index in [-0.39, 0.29) is 5.91 Å². The van der Waals surface area contributed by atoms with Crippen LogP contribution in [0.3, 0.4) is 0 Å². The summed E-state index contributed by atoms with van der Waals surface area (Å²) < 4.78 is 10.4. The summed E-state index contributed by atoms with van der Waals surface area (Å²) in [4.78, 5) is 16.5. The zero-order valence-electron chi connectivity index (χ0n) is 14.0. The standard InChI is InChI=1S/C20H17NO3S/c1-23-15-7-3-13(4-8-15)18-11-17-19(25-18)12-20(22)21(17)14-5-9-16(24-2)10-6-14/h3-11H,12H2,1-2H3. The molecule has 0 fully saturated rings. The van der Waals surface area contributed by atoms with E-state index in [2.05, 4.69) is 6.07 Å². The lowest BCUT2D eigenvalue weighted by atomic mass is 10.2. The third-order valence-corrected chi connectivity index (χ3v) is 5.47. The number of fused-ring (bicyclic) bond motifs is 1. The number of carbonyl (C=O) groups is 1. The second-order valence-electron chi connectivity index (χ2n) is 5.75. The summed E-state index contributed by atoms with van der Waals surface area (Å²) in [6, 6.07) is 17.6. The number of ether oxygens (including phenoxy) is 2. The normalized spacial score (nSPS) is 13.0. The lowest BCUT2D eigenvalue weighted by molar-refractivity contribution is -0.116. The van der Waals surface area contributed by atoms with E-state index in [1.165, 1.54) is 0 Å². The number of hydrogen-bond donors (Lipinski definition) is 0. The number of thiophene rings is 1. The molecule has 0 spiro atoms. The van der Waals surface area contributed by atoms with E-state index < -0.39 is 0 Å². The van der Waals surface area contributed by atoms with Crippen LogP contribution in [0.25, 0.3) is 10.4 Å². The maximum Gasteiger partial charge on any atom is 0.236 e. The molecule has 0 aliphatic carbocycles.